The fraction of sp³-hybridized carbons (Fsp3) is 0.500. The lowest BCUT2D eigenvalue weighted by atomic mass is 10.1. The number of carbonyl (C=O) groups excluding carboxylic acids is 2. The van der Waals surface area contributed by atoms with Crippen LogP contribution in [0.5, 0.6) is 5.75 Å². The molecule has 6 heteroatoms. The van der Waals surface area contributed by atoms with Gasteiger partial charge in [-0.05, 0) is 38.5 Å². The molecule has 1 aromatic carbocycles. The molecule has 0 aliphatic heterocycles. The molecule has 3 amide bonds. The van der Waals surface area contributed by atoms with Crippen molar-refractivity contribution < 1.29 is 14.3 Å². The van der Waals surface area contributed by atoms with Crippen LogP contribution in [0.15, 0.2) is 24.3 Å². The summed E-state index contributed by atoms with van der Waals surface area (Å²) in [5, 5.41) is 2.90. The molecule has 1 N–H and O–H groups in total. The van der Waals surface area contributed by atoms with Gasteiger partial charge < -0.3 is 19.9 Å². The number of nitrogens with one attached hydrogen (secondary N) is 1. The Morgan fingerprint density at radius 3 is 2.41 bits per heavy atom. The molecule has 122 valence electrons. The number of ether oxygens (including phenoxy) is 1. The van der Waals surface area contributed by atoms with E-state index in [4.69, 9.17) is 4.74 Å². The van der Waals surface area contributed by atoms with E-state index in [1.807, 2.05) is 26.8 Å². The Hall–Kier alpha value is -2.24. The molecule has 1 aromatic rings. The first-order valence-corrected chi connectivity index (χ1v) is 7.43. The minimum absolute atomic E-state index is 0.136. The van der Waals surface area contributed by atoms with Crippen LogP contribution in [-0.4, -0.2) is 49.1 Å². The van der Waals surface area contributed by atoms with E-state index in [1.54, 1.807) is 37.2 Å². The van der Waals surface area contributed by atoms with Crippen LogP contribution in [0.3, 0.4) is 0 Å². The van der Waals surface area contributed by atoms with Gasteiger partial charge in [0.05, 0.1) is 6.04 Å². The molecule has 22 heavy (non-hydrogen) atoms. The smallest absolute Gasteiger partial charge is 0.410 e. The third kappa shape index (κ3) is 4.95. The van der Waals surface area contributed by atoms with E-state index in [-0.39, 0.29) is 12.1 Å². The quantitative estimate of drug-likeness (QED) is 0.910. The van der Waals surface area contributed by atoms with Gasteiger partial charge in [0.2, 0.25) is 0 Å². The van der Waals surface area contributed by atoms with Crippen LogP contribution in [0.25, 0.3) is 0 Å². The summed E-state index contributed by atoms with van der Waals surface area (Å²) in [5.41, 5.74) is 0.877. The summed E-state index contributed by atoms with van der Waals surface area (Å²) in [6.45, 7) is 6.89. The number of urea groups is 1. The van der Waals surface area contributed by atoms with E-state index in [0.717, 1.165) is 5.56 Å². The van der Waals surface area contributed by atoms with Gasteiger partial charge in [0.25, 0.3) is 0 Å². The highest BCUT2D eigenvalue weighted by atomic mass is 16.6. The maximum absolute atomic E-state index is 11.9. The summed E-state index contributed by atoms with van der Waals surface area (Å²) < 4.78 is 5.30. The van der Waals surface area contributed by atoms with Crippen molar-refractivity contribution in [1.29, 1.82) is 0 Å². The molecule has 0 radical (unpaired) electrons. The molecule has 0 bridgehead atoms. The predicted molar refractivity (Wildman–Crippen MR) is 86.0 cm³/mol. The van der Waals surface area contributed by atoms with Crippen molar-refractivity contribution in [3.05, 3.63) is 29.8 Å². The number of nitrogens with zero attached hydrogens (tertiary/aromatic N) is 2. The minimum Gasteiger partial charge on any atom is -0.410 e. The Kier molecular flexibility index (Phi) is 6.69. The maximum Gasteiger partial charge on any atom is 0.414 e. The highest BCUT2D eigenvalue weighted by Crippen LogP contribution is 2.19. The minimum atomic E-state index is -0.401. The van der Waals surface area contributed by atoms with Crippen LogP contribution in [0.1, 0.15) is 32.4 Å². The molecule has 0 aromatic heterocycles. The summed E-state index contributed by atoms with van der Waals surface area (Å²) in [5.74, 6) is 0.466. The van der Waals surface area contributed by atoms with E-state index in [9.17, 15) is 9.59 Å². The molecule has 1 rings (SSSR count). The van der Waals surface area contributed by atoms with Gasteiger partial charge in [0, 0.05) is 27.2 Å². The molecule has 0 aliphatic rings. The lowest BCUT2D eigenvalue weighted by Crippen LogP contribution is -2.38. The molecule has 0 saturated carbocycles. The molecule has 0 aliphatic carbocycles. The number of rotatable bonds is 5. The van der Waals surface area contributed by atoms with E-state index in [1.165, 1.54) is 4.90 Å². The van der Waals surface area contributed by atoms with Crippen LogP contribution in [0.4, 0.5) is 9.59 Å². The Morgan fingerprint density at radius 1 is 1.18 bits per heavy atom. The summed E-state index contributed by atoms with van der Waals surface area (Å²) in [4.78, 5) is 26.7. The topological polar surface area (TPSA) is 61.9 Å². The first-order chi connectivity index (χ1) is 10.4. The number of carbonyl (C=O) groups is 2. The standard InChI is InChI=1S/C16H25N3O3/c1-6-18(4)15(20)17-12(3)13-9-8-10-14(11-13)22-16(21)19(5)7-2/h8-12H,6-7H2,1-5H3,(H,17,20). The SMILES string of the molecule is CCN(C)C(=O)NC(C)c1cccc(OC(=O)N(C)CC)c1. The first-order valence-electron chi connectivity index (χ1n) is 7.43. The molecule has 0 fully saturated rings. The highest BCUT2D eigenvalue weighted by molar-refractivity contribution is 5.74. The van der Waals surface area contributed by atoms with Crippen molar-refractivity contribution in [2.45, 2.75) is 26.8 Å². The molecule has 0 spiro atoms. The van der Waals surface area contributed by atoms with Gasteiger partial charge in [0.15, 0.2) is 0 Å². The molecular formula is C16H25N3O3. The Balaban J connectivity index is 2.75. The summed E-state index contributed by atoms with van der Waals surface area (Å²) in [6, 6.07) is 6.86. The second-order valence-corrected chi connectivity index (χ2v) is 5.14. The summed E-state index contributed by atoms with van der Waals surface area (Å²) >= 11 is 0. The molecule has 1 atom stereocenters. The molecular weight excluding hydrogens is 282 g/mol. The second-order valence-electron chi connectivity index (χ2n) is 5.14. The van der Waals surface area contributed by atoms with E-state index in [0.29, 0.717) is 18.8 Å². The van der Waals surface area contributed by atoms with Crippen LogP contribution >= 0.6 is 0 Å². The van der Waals surface area contributed by atoms with Gasteiger partial charge in [0.1, 0.15) is 5.75 Å². The number of benzene rings is 1. The second kappa shape index (κ2) is 8.26. The lowest BCUT2D eigenvalue weighted by molar-refractivity contribution is 0.165. The fourth-order valence-electron chi connectivity index (χ4n) is 1.68. The van der Waals surface area contributed by atoms with Gasteiger partial charge >= 0.3 is 12.1 Å². The van der Waals surface area contributed by atoms with Gasteiger partial charge in [-0.2, -0.15) is 0 Å². The third-order valence-corrected chi connectivity index (χ3v) is 3.51. The molecule has 1 unspecified atom stereocenters. The first kappa shape index (κ1) is 17.8. The van der Waals surface area contributed by atoms with Crippen molar-refractivity contribution in [3.8, 4) is 5.75 Å². The molecule has 0 saturated heterocycles. The Morgan fingerprint density at radius 2 is 1.82 bits per heavy atom. The van der Waals surface area contributed by atoms with E-state index >= 15 is 0 Å². The number of amides is 3. The van der Waals surface area contributed by atoms with Crippen LogP contribution < -0.4 is 10.1 Å². The highest BCUT2D eigenvalue weighted by Gasteiger charge is 2.14. The van der Waals surface area contributed by atoms with Crippen molar-refractivity contribution in [1.82, 2.24) is 15.1 Å². The van der Waals surface area contributed by atoms with Crippen molar-refractivity contribution in [2.75, 3.05) is 27.2 Å². The zero-order chi connectivity index (χ0) is 16.7. The average molecular weight is 307 g/mol. The summed E-state index contributed by atoms with van der Waals surface area (Å²) in [6.07, 6.45) is -0.401. The van der Waals surface area contributed by atoms with Gasteiger partial charge in [-0.25, -0.2) is 9.59 Å². The van der Waals surface area contributed by atoms with Crippen molar-refractivity contribution >= 4 is 12.1 Å². The lowest BCUT2D eigenvalue weighted by Gasteiger charge is -2.21. The molecule has 6 nitrogen and oxygen atoms in total. The normalized spacial score (nSPS) is 11.5. The van der Waals surface area contributed by atoms with Crippen LogP contribution in [0, 0.1) is 0 Å². The predicted octanol–water partition coefficient (Wildman–Crippen LogP) is 2.86. The Bertz CT molecular complexity index is 519. The maximum atomic E-state index is 11.9. The zero-order valence-electron chi connectivity index (χ0n) is 13.9. The number of hydrogen-bond donors (Lipinski definition) is 1. The van der Waals surface area contributed by atoms with E-state index in [2.05, 4.69) is 5.32 Å². The van der Waals surface area contributed by atoms with Gasteiger partial charge in [-0.3, -0.25) is 0 Å². The van der Waals surface area contributed by atoms with E-state index < -0.39 is 6.09 Å². The van der Waals surface area contributed by atoms with Crippen LogP contribution in [-0.2, 0) is 0 Å². The summed E-state index contributed by atoms with van der Waals surface area (Å²) in [7, 11) is 3.41. The number of hydrogen-bond acceptors (Lipinski definition) is 3. The fourth-order valence-corrected chi connectivity index (χ4v) is 1.68. The third-order valence-electron chi connectivity index (χ3n) is 3.51. The van der Waals surface area contributed by atoms with Crippen molar-refractivity contribution in [3.63, 3.8) is 0 Å². The van der Waals surface area contributed by atoms with Crippen LogP contribution in [0.2, 0.25) is 0 Å². The van der Waals surface area contributed by atoms with Crippen molar-refractivity contribution in [2.24, 2.45) is 0 Å². The monoisotopic (exact) mass is 307 g/mol. The Labute approximate surface area is 132 Å². The zero-order valence-corrected chi connectivity index (χ0v) is 13.9. The average Bonchev–Trinajstić information content (AvgIpc) is 2.53. The van der Waals surface area contributed by atoms with Gasteiger partial charge in [-0.15, -0.1) is 0 Å². The largest absolute Gasteiger partial charge is 0.414 e. The molecule has 0 heterocycles. The van der Waals surface area contributed by atoms with Gasteiger partial charge in [-0.1, -0.05) is 12.1 Å².